The van der Waals surface area contributed by atoms with Crippen LogP contribution in [-0.2, 0) is 0 Å². The number of hydrogen-bond donors (Lipinski definition) is 0. The lowest BCUT2D eigenvalue weighted by molar-refractivity contribution is 0.449. The Morgan fingerprint density at radius 2 is 1.48 bits per heavy atom. The molecule has 31 heavy (non-hydrogen) atoms. The molecule has 0 saturated heterocycles. The van der Waals surface area contributed by atoms with Gasteiger partial charge in [0.25, 0.3) is 5.17 Å². The largest absolute Gasteiger partial charge is 0.455 e. The van der Waals surface area contributed by atoms with Crippen LogP contribution in [-0.4, -0.2) is 24.2 Å². The van der Waals surface area contributed by atoms with Crippen molar-refractivity contribution >= 4 is 39.1 Å². The second-order valence-corrected chi connectivity index (χ2v) is 7.97. The first kappa shape index (κ1) is 19.3. The number of furan rings is 1. The van der Waals surface area contributed by atoms with E-state index in [1.165, 1.54) is 10.8 Å². The molecule has 4 aromatic carbocycles. The number of ether oxygens (including phenoxy) is 1. The summed E-state index contributed by atoms with van der Waals surface area (Å²) >= 11 is 5.26. The fourth-order valence-corrected chi connectivity index (χ4v) is 3.92. The Morgan fingerprint density at radius 3 is 2.23 bits per heavy atom. The van der Waals surface area contributed by atoms with E-state index >= 15 is 0 Å². The molecule has 0 radical (unpaired) electrons. The van der Waals surface area contributed by atoms with Gasteiger partial charge in [0.2, 0.25) is 0 Å². The van der Waals surface area contributed by atoms with E-state index in [-0.39, 0.29) is 0 Å². The van der Waals surface area contributed by atoms with E-state index in [0.717, 1.165) is 33.4 Å². The Balaban J connectivity index is 1.73. The summed E-state index contributed by atoms with van der Waals surface area (Å²) < 4.78 is 12.2. The van der Waals surface area contributed by atoms with Gasteiger partial charge in [0.1, 0.15) is 17.1 Å². The number of benzene rings is 4. The van der Waals surface area contributed by atoms with Gasteiger partial charge in [-0.3, -0.25) is 0 Å². The van der Waals surface area contributed by atoms with Gasteiger partial charge in [-0.05, 0) is 46.8 Å². The molecule has 0 aliphatic heterocycles. The van der Waals surface area contributed by atoms with E-state index in [4.69, 9.17) is 21.4 Å². The van der Waals surface area contributed by atoms with Crippen molar-refractivity contribution in [1.82, 2.24) is 4.90 Å². The fourth-order valence-electron chi connectivity index (χ4n) is 3.82. The highest BCUT2D eigenvalue weighted by Gasteiger charge is 2.19. The Labute approximate surface area is 186 Å². The van der Waals surface area contributed by atoms with Crippen LogP contribution in [0.3, 0.4) is 0 Å². The summed E-state index contributed by atoms with van der Waals surface area (Å²) in [5.41, 5.74) is 4.07. The van der Waals surface area contributed by atoms with Crippen LogP contribution in [0.4, 0.5) is 0 Å². The normalized spacial score (nSPS) is 11.0. The molecule has 152 valence electrons. The van der Waals surface area contributed by atoms with E-state index < -0.39 is 0 Å². The Bertz CT molecular complexity index is 1390. The number of nitrogens with zero attached hydrogens (tertiary/aromatic N) is 1. The van der Waals surface area contributed by atoms with Gasteiger partial charge in [-0.2, -0.15) is 0 Å². The summed E-state index contributed by atoms with van der Waals surface area (Å²) in [5, 5.41) is 3.91. The molecule has 0 amide bonds. The summed E-state index contributed by atoms with van der Waals surface area (Å²) in [6, 6.07) is 30.8. The van der Waals surface area contributed by atoms with Crippen LogP contribution < -0.4 is 4.74 Å². The van der Waals surface area contributed by atoms with Crippen molar-refractivity contribution in [1.29, 1.82) is 0 Å². The maximum atomic E-state index is 6.42. The van der Waals surface area contributed by atoms with Gasteiger partial charge in [-0.15, -0.1) is 0 Å². The number of hydrogen-bond acceptors (Lipinski definition) is 3. The highest BCUT2D eigenvalue weighted by Crippen LogP contribution is 2.44. The van der Waals surface area contributed by atoms with Crippen molar-refractivity contribution in [3.63, 3.8) is 0 Å². The predicted molar refractivity (Wildman–Crippen MR) is 132 cm³/mol. The van der Waals surface area contributed by atoms with Crippen molar-refractivity contribution in [3.8, 4) is 28.2 Å². The van der Waals surface area contributed by atoms with Gasteiger partial charge >= 0.3 is 0 Å². The summed E-state index contributed by atoms with van der Waals surface area (Å²) in [5.74, 6) is 1.57. The number of rotatable bonds is 3. The molecule has 1 aromatic heterocycles. The first-order chi connectivity index (χ1) is 15.1. The van der Waals surface area contributed by atoms with Gasteiger partial charge in [0, 0.05) is 30.6 Å². The van der Waals surface area contributed by atoms with Gasteiger partial charge in [0.05, 0.1) is 0 Å². The van der Waals surface area contributed by atoms with E-state index in [9.17, 15) is 0 Å². The second-order valence-electron chi connectivity index (χ2n) is 7.62. The molecule has 0 bridgehead atoms. The van der Waals surface area contributed by atoms with Crippen LogP contribution in [0.1, 0.15) is 0 Å². The Morgan fingerprint density at radius 1 is 0.774 bits per heavy atom. The molecule has 3 nitrogen and oxygen atoms in total. The zero-order valence-corrected chi connectivity index (χ0v) is 18.1. The van der Waals surface area contributed by atoms with Crippen LogP contribution in [0, 0.1) is 0 Å². The molecule has 0 aliphatic rings. The molecule has 0 atom stereocenters. The van der Waals surface area contributed by atoms with Crippen molar-refractivity contribution in [2.24, 2.45) is 0 Å². The van der Waals surface area contributed by atoms with Gasteiger partial charge < -0.3 is 14.1 Å². The fraction of sp³-hybridized carbons (Fsp3) is 0.0741. The molecular formula is C27H21NO2S. The molecule has 0 aliphatic carbocycles. The zero-order valence-electron chi connectivity index (χ0n) is 17.3. The summed E-state index contributed by atoms with van der Waals surface area (Å²) in [6.45, 7) is 0. The van der Waals surface area contributed by atoms with Gasteiger partial charge in [-0.25, -0.2) is 0 Å². The number of fused-ring (bicyclic) bond motifs is 3. The second kappa shape index (κ2) is 7.89. The van der Waals surface area contributed by atoms with E-state index in [1.807, 2.05) is 44.4 Å². The minimum atomic E-state index is 0.428. The van der Waals surface area contributed by atoms with Crippen LogP contribution >= 0.6 is 12.2 Å². The quantitative estimate of drug-likeness (QED) is 0.288. The lowest BCUT2D eigenvalue weighted by Gasteiger charge is -2.14. The standard InChI is InChI=1S/C27H21NO2S/c1-28(2)27(31)29-21-15-12-19(13-16-21)24-25-22-11-7-6-8-18(22)14-17-23(25)30-26(24)20-9-4-3-5-10-20/h3-17H,1-2H3. The van der Waals surface area contributed by atoms with Crippen molar-refractivity contribution in [2.75, 3.05) is 14.1 Å². The third kappa shape index (κ3) is 3.56. The monoisotopic (exact) mass is 423 g/mol. The zero-order chi connectivity index (χ0) is 21.4. The minimum absolute atomic E-state index is 0.428. The first-order valence-electron chi connectivity index (χ1n) is 10.1. The molecule has 5 rings (SSSR count). The Kier molecular flexibility index (Phi) is 4.92. The molecule has 0 spiro atoms. The average molecular weight is 424 g/mol. The summed E-state index contributed by atoms with van der Waals surface area (Å²) in [4.78, 5) is 1.77. The summed E-state index contributed by atoms with van der Waals surface area (Å²) in [7, 11) is 3.73. The van der Waals surface area contributed by atoms with Crippen molar-refractivity contribution in [3.05, 3.63) is 91.0 Å². The molecule has 0 N–H and O–H groups in total. The van der Waals surface area contributed by atoms with Crippen LogP contribution in [0.25, 0.3) is 44.2 Å². The highest BCUT2D eigenvalue weighted by molar-refractivity contribution is 7.80. The molecule has 0 saturated carbocycles. The van der Waals surface area contributed by atoms with Crippen LogP contribution in [0.2, 0.25) is 0 Å². The predicted octanol–water partition coefficient (Wildman–Crippen LogP) is 7.15. The molecule has 5 aromatic rings. The smallest absolute Gasteiger partial charge is 0.264 e. The van der Waals surface area contributed by atoms with Gasteiger partial charge in [-0.1, -0.05) is 72.8 Å². The third-order valence-electron chi connectivity index (χ3n) is 5.33. The van der Waals surface area contributed by atoms with E-state index in [1.54, 1.807) is 4.90 Å². The molecule has 1 heterocycles. The average Bonchev–Trinajstić information content (AvgIpc) is 3.20. The van der Waals surface area contributed by atoms with Crippen molar-refractivity contribution in [2.45, 2.75) is 0 Å². The molecular weight excluding hydrogens is 402 g/mol. The number of thiocarbonyl (C=S) groups is 1. The van der Waals surface area contributed by atoms with Crippen LogP contribution in [0.5, 0.6) is 5.75 Å². The SMILES string of the molecule is CN(C)C(=S)Oc1ccc(-c2c(-c3ccccc3)oc3ccc4ccccc4c23)cc1. The van der Waals surface area contributed by atoms with Gasteiger partial charge in [0.15, 0.2) is 0 Å². The highest BCUT2D eigenvalue weighted by atomic mass is 32.1. The first-order valence-corrected chi connectivity index (χ1v) is 10.5. The third-order valence-corrected chi connectivity index (χ3v) is 5.78. The molecule has 0 unspecified atom stereocenters. The Hall–Kier alpha value is -3.63. The summed E-state index contributed by atoms with van der Waals surface area (Å²) in [6.07, 6.45) is 0. The van der Waals surface area contributed by atoms with E-state index in [0.29, 0.717) is 10.9 Å². The topological polar surface area (TPSA) is 25.6 Å². The minimum Gasteiger partial charge on any atom is -0.455 e. The maximum Gasteiger partial charge on any atom is 0.264 e. The molecule has 4 heteroatoms. The lowest BCUT2D eigenvalue weighted by atomic mass is 9.95. The lowest BCUT2D eigenvalue weighted by Crippen LogP contribution is -2.24. The maximum absolute atomic E-state index is 6.42. The van der Waals surface area contributed by atoms with E-state index in [2.05, 4.69) is 60.7 Å². The van der Waals surface area contributed by atoms with Crippen molar-refractivity contribution < 1.29 is 9.15 Å². The van der Waals surface area contributed by atoms with Crippen LogP contribution in [0.15, 0.2) is 95.4 Å². The molecule has 0 fully saturated rings.